The Kier molecular flexibility index (Phi) is 4.55. The summed E-state index contributed by atoms with van der Waals surface area (Å²) in [7, 11) is 3.23. The summed E-state index contributed by atoms with van der Waals surface area (Å²) < 4.78 is 10.6. The first-order chi connectivity index (χ1) is 9.71. The van der Waals surface area contributed by atoms with Gasteiger partial charge in [0.1, 0.15) is 0 Å². The molecule has 2 rings (SSSR count). The van der Waals surface area contributed by atoms with E-state index in [2.05, 4.69) is 10.4 Å². The normalized spacial score (nSPS) is 12.0. The Morgan fingerprint density at radius 3 is 2.50 bits per heavy atom. The lowest BCUT2D eigenvalue weighted by molar-refractivity contribution is 0.354. The van der Waals surface area contributed by atoms with Crippen LogP contribution in [0.3, 0.4) is 0 Å². The van der Waals surface area contributed by atoms with Crippen molar-refractivity contribution in [3.63, 3.8) is 0 Å². The number of nitrogens with zero attached hydrogens (tertiary/aromatic N) is 1. The second-order valence-corrected chi connectivity index (χ2v) is 4.45. The van der Waals surface area contributed by atoms with Crippen LogP contribution in [-0.2, 0) is 0 Å². The highest BCUT2D eigenvalue weighted by Crippen LogP contribution is 2.32. The maximum atomic E-state index is 5.73. The minimum atomic E-state index is -0.127. The van der Waals surface area contributed by atoms with Crippen LogP contribution in [0.5, 0.6) is 11.5 Å². The average Bonchev–Trinajstić information content (AvgIpc) is 2.49. The number of nitrogens with two attached hydrogens (primary N) is 1. The molecule has 0 saturated heterocycles. The molecule has 0 spiro atoms. The van der Waals surface area contributed by atoms with Crippen molar-refractivity contribution in [3.05, 3.63) is 53.3 Å². The van der Waals surface area contributed by atoms with E-state index < -0.39 is 0 Å². The number of aryl methyl sites for hydroxylation is 1. The Morgan fingerprint density at radius 1 is 1.15 bits per heavy atom. The van der Waals surface area contributed by atoms with Crippen molar-refractivity contribution in [3.8, 4) is 11.5 Å². The molecule has 1 atom stereocenters. The van der Waals surface area contributed by atoms with Gasteiger partial charge in [-0.05, 0) is 41.8 Å². The summed E-state index contributed by atoms with van der Waals surface area (Å²) in [6.45, 7) is 2.01. The molecule has 1 aromatic carbocycles. The second kappa shape index (κ2) is 6.36. The quantitative estimate of drug-likeness (QED) is 0.644. The third-order valence-corrected chi connectivity index (χ3v) is 3.28. The van der Waals surface area contributed by atoms with Crippen LogP contribution in [-0.4, -0.2) is 19.2 Å². The van der Waals surface area contributed by atoms with Gasteiger partial charge in [-0.15, -0.1) is 0 Å². The maximum Gasteiger partial charge on any atom is 0.161 e. The second-order valence-electron chi connectivity index (χ2n) is 4.45. The fourth-order valence-electron chi connectivity index (χ4n) is 2.21. The Labute approximate surface area is 118 Å². The molecule has 3 N–H and O–H groups in total. The van der Waals surface area contributed by atoms with E-state index in [0.29, 0.717) is 11.5 Å². The van der Waals surface area contributed by atoms with E-state index in [1.54, 1.807) is 20.4 Å². The van der Waals surface area contributed by atoms with Gasteiger partial charge in [-0.2, -0.15) is 0 Å². The fraction of sp³-hybridized carbons (Fsp3) is 0.267. The smallest absolute Gasteiger partial charge is 0.161 e. The van der Waals surface area contributed by atoms with Crippen molar-refractivity contribution < 1.29 is 9.47 Å². The third-order valence-electron chi connectivity index (χ3n) is 3.28. The zero-order valence-corrected chi connectivity index (χ0v) is 11.9. The molecular weight excluding hydrogens is 254 g/mol. The van der Waals surface area contributed by atoms with Crippen LogP contribution in [0, 0.1) is 6.92 Å². The van der Waals surface area contributed by atoms with Crippen molar-refractivity contribution in [2.45, 2.75) is 13.0 Å². The number of pyridine rings is 1. The van der Waals surface area contributed by atoms with Crippen LogP contribution < -0.4 is 20.7 Å². The van der Waals surface area contributed by atoms with E-state index in [4.69, 9.17) is 15.3 Å². The number of ether oxygens (including phenoxy) is 2. The average molecular weight is 273 g/mol. The molecule has 0 aliphatic heterocycles. The SMILES string of the molecule is COc1ccc(C(NN)c2ccncc2C)cc1OC. The van der Waals surface area contributed by atoms with Gasteiger partial charge in [0.15, 0.2) is 11.5 Å². The fourth-order valence-corrected chi connectivity index (χ4v) is 2.21. The van der Waals surface area contributed by atoms with Crippen LogP contribution in [0.25, 0.3) is 0 Å². The summed E-state index contributed by atoms with van der Waals surface area (Å²) in [4.78, 5) is 4.10. The molecular formula is C15H19N3O2. The summed E-state index contributed by atoms with van der Waals surface area (Å²) in [6.07, 6.45) is 3.58. The lowest BCUT2D eigenvalue weighted by Crippen LogP contribution is -2.29. The highest BCUT2D eigenvalue weighted by atomic mass is 16.5. The molecule has 20 heavy (non-hydrogen) atoms. The number of nitrogens with one attached hydrogen (secondary N) is 1. The Hall–Kier alpha value is -2.11. The van der Waals surface area contributed by atoms with Crippen molar-refractivity contribution in [2.24, 2.45) is 5.84 Å². The van der Waals surface area contributed by atoms with Crippen LogP contribution in [0.2, 0.25) is 0 Å². The standard InChI is InChI=1S/C15H19N3O2/c1-10-9-17-7-6-12(10)15(18-16)11-4-5-13(19-2)14(8-11)20-3/h4-9,15,18H,16H2,1-3H3. The van der Waals surface area contributed by atoms with E-state index >= 15 is 0 Å². The van der Waals surface area contributed by atoms with Crippen LogP contribution in [0.15, 0.2) is 36.7 Å². The summed E-state index contributed by atoms with van der Waals surface area (Å²) in [5, 5.41) is 0. The molecule has 1 unspecified atom stereocenters. The molecule has 0 aliphatic carbocycles. The lowest BCUT2D eigenvalue weighted by atomic mass is 9.96. The number of hydrogen-bond acceptors (Lipinski definition) is 5. The van der Waals surface area contributed by atoms with Gasteiger partial charge in [0.2, 0.25) is 0 Å². The Morgan fingerprint density at radius 2 is 1.90 bits per heavy atom. The molecule has 0 saturated carbocycles. The molecule has 1 aromatic heterocycles. The summed E-state index contributed by atoms with van der Waals surface area (Å²) in [5.74, 6) is 7.10. The van der Waals surface area contributed by atoms with Gasteiger partial charge in [-0.25, -0.2) is 5.43 Å². The highest BCUT2D eigenvalue weighted by Gasteiger charge is 2.16. The predicted octanol–water partition coefficient (Wildman–Crippen LogP) is 1.96. The van der Waals surface area contributed by atoms with Gasteiger partial charge in [0, 0.05) is 12.4 Å². The molecule has 0 fully saturated rings. The van der Waals surface area contributed by atoms with Gasteiger partial charge in [-0.1, -0.05) is 6.07 Å². The number of aromatic nitrogens is 1. The van der Waals surface area contributed by atoms with Gasteiger partial charge < -0.3 is 9.47 Å². The monoisotopic (exact) mass is 273 g/mol. The zero-order chi connectivity index (χ0) is 14.5. The first-order valence-corrected chi connectivity index (χ1v) is 6.29. The van der Waals surface area contributed by atoms with Crippen molar-refractivity contribution >= 4 is 0 Å². The van der Waals surface area contributed by atoms with Gasteiger partial charge in [0.05, 0.1) is 20.3 Å². The molecule has 5 heteroatoms. The molecule has 0 amide bonds. The van der Waals surface area contributed by atoms with Crippen LogP contribution >= 0.6 is 0 Å². The molecule has 2 aromatic rings. The van der Waals surface area contributed by atoms with Gasteiger partial charge in [-0.3, -0.25) is 10.8 Å². The van der Waals surface area contributed by atoms with Crippen LogP contribution in [0.1, 0.15) is 22.7 Å². The molecule has 5 nitrogen and oxygen atoms in total. The number of benzene rings is 1. The number of hydrazine groups is 1. The van der Waals surface area contributed by atoms with E-state index in [0.717, 1.165) is 16.7 Å². The predicted molar refractivity (Wildman–Crippen MR) is 77.7 cm³/mol. The summed E-state index contributed by atoms with van der Waals surface area (Å²) in [6, 6.07) is 7.58. The minimum absolute atomic E-state index is 0.127. The maximum absolute atomic E-state index is 5.73. The van der Waals surface area contributed by atoms with E-state index in [1.165, 1.54) is 0 Å². The molecule has 106 valence electrons. The molecule has 0 bridgehead atoms. The number of hydrogen-bond donors (Lipinski definition) is 2. The Balaban J connectivity index is 2.45. The molecule has 0 aliphatic rings. The van der Waals surface area contributed by atoms with Crippen LogP contribution in [0.4, 0.5) is 0 Å². The number of methoxy groups -OCH3 is 2. The Bertz CT molecular complexity index is 587. The lowest BCUT2D eigenvalue weighted by Gasteiger charge is -2.20. The van der Waals surface area contributed by atoms with Crippen molar-refractivity contribution in [1.82, 2.24) is 10.4 Å². The van der Waals surface area contributed by atoms with E-state index in [1.807, 2.05) is 37.4 Å². The van der Waals surface area contributed by atoms with Crippen molar-refractivity contribution in [1.29, 1.82) is 0 Å². The first kappa shape index (κ1) is 14.3. The minimum Gasteiger partial charge on any atom is -0.493 e. The van der Waals surface area contributed by atoms with Gasteiger partial charge in [0.25, 0.3) is 0 Å². The third kappa shape index (κ3) is 2.74. The molecule has 0 radical (unpaired) electrons. The topological polar surface area (TPSA) is 69.4 Å². The largest absolute Gasteiger partial charge is 0.493 e. The number of rotatable bonds is 5. The molecule has 1 heterocycles. The van der Waals surface area contributed by atoms with E-state index in [-0.39, 0.29) is 6.04 Å². The summed E-state index contributed by atoms with van der Waals surface area (Å²) in [5.41, 5.74) is 5.99. The van der Waals surface area contributed by atoms with Crippen molar-refractivity contribution in [2.75, 3.05) is 14.2 Å². The van der Waals surface area contributed by atoms with Gasteiger partial charge >= 0.3 is 0 Å². The zero-order valence-electron chi connectivity index (χ0n) is 11.9. The first-order valence-electron chi connectivity index (χ1n) is 6.29. The summed E-state index contributed by atoms with van der Waals surface area (Å²) >= 11 is 0. The van der Waals surface area contributed by atoms with E-state index in [9.17, 15) is 0 Å². The highest BCUT2D eigenvalue weighted by molar-refractivity contribution is 5.46.